The van der Waals surface area contributed by atoms with Crippen molar-refractivity contribution < 1.29 is 4.79 Å². The van der Waals surface area contributed by atoms with E-state index in [1.807, 2.05) is 13.8 Å². The molecule has 1 aliphatic heterocycles. The molecule has 2 unspecified atom stereocenters. The molecule has 1 fully saturated rings. The van der Waals surface area contributed by atoms with Crippen molar-refractivity contribution in [3.63, 3.8) is 0 Å². The Bertz CT molecular complexity index is 281. The van der Waals surface area contributed by atoms with Gasteiger partial charge in [0.15, 0.2) is 0 Å². The molecule has 78 valence electrons. The molecular weight excluding hydrogens is 176 g/mol. The molecule has 1 aliphatic carbocycles. The highest BCUT2D eigenvalue weighted by molar-refractivity contribution is 6.06. The second-order valence-corrected chi connectivity index (χ2v) is 4.46. The van der Waals surface area contributed by atoms with E-state index in [1.54, 1.807) is 5.01 Å². The van der Waals surface area contributed by atoms with E-state index in [9.17, 15) is 4.79 Å². The molecule has 1 amide bonds. The van der Waals surface area contributed by atoms with Crippen LogP contribution in [0.4, 0.5) is 0 Å². The molecule has 0 saturated heterocycles. The van der Waals surface area contributed by atoms with Crippen LogP contribution < -0.4 is 0 Å². The average Bonchev–Trinajstić information content (AvgIpc) is 2.93. The molecule has 0 bridgehead atoms. The lowest BCUT2D eigenvalue weighted by molar-refractivity contribution is -0.134. The Morgan fingerprint density at radius 2 is 2.21 bits per heavy atom. The maximum atomic E-state index is 11.9. The van der Waals surface area contributed by atoms with Gasteiger partial charge < -0.3 is 0 Å². The van der Waals surface area contributed by atoms with Crippen LogP contribution in [0.1, 0.15) is 40.0 Å². The summed E-state index contributed by atoms with van der Waals surface area (Å²) in [6.45, 7) is 6.13. The number of rotatable bonds is 3. The second kappa shape index (κ2) is 3.37. The van der Waals surface area contributed by atoms with Crippen molar-refractivity contribution in [2.75, 3.05) is 0 Å². The summed E-state index contributed by atoms with van der Waals surface area (Å²) < 4.78 is 0. The minimum absolute atomic E-state index is 0.0520. The van der Waals surface area contributed by atoms with Crippen molar-refractivity contribution >= 4 is 11.6 Å². The number of carbonyl (C=O) groups excluding carboxylic acids is 1. The molecule has 1 saturated carbocycles. The van der Waals surface area contributed by atoms with E-state index in [0.717, 1.165) is 12.1 Å². The van der Waals surface area contributed by atoms with Gasteiger partial charge in [0.2, 0.25) is 0 Å². The molecule has 0 N–H and O–H groups in total. The number of hydrogen-bond acceptors (Lipinski definition) is 2. The fourth-order valence-corrected chi connectivity index (χ4v) is 2.17. The van der Waals surface area contributed by atoms with Crippen LogP contribution >= 0.6 is 0 Å². The molecule has 3 heteroatoms. The molecular formula is C11H18N2O. The minimum atomic E-state index is 0.0520. The maximum Gasteiger partial charge on any atom is 0.251 e. The van der Waals surface area contributed by atoms with Crippen LogP contribution in [0.3, 0.4) is 0 Å². The first-order valence-corrected chi connectivity index (χ1v) is 5.53. The highest BCUT2D eigenvalue weighted by Crippen LogP contribution is 2.37. The number of amides is 1. The van der Waals surface area contributed by atoms with Gasteiger partial charge in [0, 0.05) is 5.71 Å². The third-order valence-electron chi connectivity index (χ3n) is 3.39. The van der Waals surface area contributed by atoms with Gasteiger partial charge in [-0.1, -0.05) is 6.92 Å². The number of hydrogen-bond donors (Lipinski definition) is 0. The first-order chi connectivity index (χ1) is 6.65. The Kier molecular flexibility index (Phi) is 2.33. The standard InChI is InChI=1S/C11H18N2O/c1-4-10-7(2)12-13(11(10)14)8(3)9-5-6-9/h8-10H,4-6H2,1-3H3. The quantitative estimate of drug-likeness (QED) is 0.676. The Labute approximate surface area is 85.2 Å². The summed E-state index contributed by atoms with van der Waals surface area (Å²) >= 11 is 0. The molecule has 14 heavy (non-hydrogen) atoms. The molecule has 0 radical (unpaired) electrons. The molecule has 2 aliphatic rings. The lowest BCUT2D eigenvalue weighted by Gasteiger charge is -2.21. The van der Waals surface area contributed by atoms with Gasteiger partial charge in [-0.15, -0.1) is 0 Å². The summed E-state index contributed by atoms with van der Waals surface area (Å²) in [5.74, 6) is 0.965. The average molecular weight is 194 g/mol. The van der Waals surface area contributed by atoms with Crippen LogP contribution in [0.15, 0.2) is 5.10 Å². The zero-order valence-corrected chi connectivity index (χ0v) is 9.16. The normalized spacial score (nSPS) is 29.4. The van der Waals surface area contributed by atoms with Crippen molar-refractivity contribution in [1.29, 1.82) is 0 Å². The number of carbonyl (C=O) groups is 1. The van der Waals surface area contributed by atoms with Gasteiger partial charge in [0.1, 0.15) is 0 Å². The van der Waals surface area contributed by atoms with Gasteiger partial charge in [-0.2, -0.15) is 5.10 Å². The summed E-state index contributed by atoms with van der Waals surface area (Å²) in [5.41, 5.74) is 0.991. The van der Waals surface area contributed by atoms with Crippen molar-refractivity contribution in [3.8, 4) is 0 Å². The molecule has 2 rings (SSSR count). The van der Waals surface area contributed by atoms with E-state index in [-0.39, 0.29) is 11.8 Å². The zero-order valence-electron chi connectivity index (χ0n) is 9.16. The van der Waals surface area contributed by atoms with E-state index < -0.39 is 0 Å². The molecule has 1 heterocycles. The van der Waals surface area contributed by atoms with Crippen molar-refractivity contribution in [2.45, 2.75) is 46.1 Å². The highest BCUT2D eigenvalue weighted by atomic mass is 16.2. The summed E-state index contributed by atoms with van der Waals surface area (Å²) in [7, 11) is 0. The number of hydrazone groups is 1. The van der Waals surface area contributed by atoms with Gasteiger partial charge in [-0.05, 0) is 39.0 Å². The molecule has 3 nitrogen and oxygen atoms in total. The van der Waals surface area contributed by atoms with Crippen LogP contribution in [0, 0.1) is 11.8 Å². The first-order valence-electron chi connectivity index (χ1n) is 5.53. The SMILES string of the molecule is CCC1C(=O)N(C(C)C2CC2)N=C1C. The third-order valence-corrected chi connectivity index (χ3v) is 3.39. The lowest BCUT2D eigenvalue weighted by atomic mass is 10.0. The van der Waals surface area contributed by atoms with Gasteiger partial charge in [0.05, 0.1) is 12.0 Å². The smallest absolute Gasteiger partial charge is 0.251 e. The highest BCUT2D eigenvalue weighted by Gasteiger charge is 2.40. The number of nitrogens with zero attached hydrogens (tertiary/aromatic N) is 2. The summed E-state index contributed by atoms with van der Waals surface area (Å²) in [5, 5.41) is 6.11. The van der Waals surface area contributed by atoms with E-state index in [4.69, 9.17) is 0 Å². The first kappa shape index (κ1) is 9.69. The fraction of sp³-hybridized carbons (Fsp3) is 0.818. The third kappa shape index (κ3) is 1.45. The predicted octanol–water partition coefficient (Wildman–Crippen LogP) is 2.03. The summed E-state index contributed by atoms with van der Waals surface area (Å²) in [6.07, 6.45) is 3.40. The Hall–Kier alpha value is -0.860. The van der Waals surface area contributed by atoms with Crippen LogP contribution in [-0.2, 0) is 4.79 Å². The van der Waals surface area contributed by atoms with Gasteiger partial charge in [0.25, 0.3) is 5.91 Å². The van der Waals surface area contributed by atoms with Crippen molar-refractivity contribution in [1.82, 2.24) is 5.01 Å². The van der Waals surface area contributed by atoms with Crippen molar-refractivity contribution in [2.24, 2.45) is 16.9 Å². The van der Waals surface area contributed by atoms with Crippen molar-refractivity contribution in [3.05, 3.63) is 0 Å². The molecule has 0 spiro atoms. The minimum Gasteiger partial charge on any atom is -0.272 e. The van der Waals surface area contributed by atoms with Gasteiger partial charge in [-0.3, -0.25) is 4.79 Å². The summed E-state index contributed by atoms with van der Waals surface area (Å²) in [4.78, 5) is 11.9. The summed E-state index contributed by atoms with van der Waals surface area (Å²) in [6, 6.07) is 0.314. The molecule has 0 aromatic heterocycles. The van der Waals surface area contributed by atoms with Crippen LogP contribution in [0.2, 0.25) is 0 Å². The monoisotopic (exact) mass is 194 g/mol. The van der Waals surface area contributed by atoms with E-state index in [0.29, 0.717) is 12.0 Å². The van der Waals surface area contributed by atoms with Gasteiger partial charge in [-0.25, -0.2) is 5.01 Å². The Morgan fingerprint density at radius 3 is 2.64 bits per heavy atom. The van der Waals surface area contributed by atoms with Gasteiger partial charge >= 0.3 is 0 Å². The zero-order chi connectivity index (χ0) is 10.3. The molecule has 0 aromatic carbocycles. The fourth-order valence-electron chi connectivity index (χ4n) is 2.17. The molecule has 0 aromatic rings. The topological polar surface area (TPSA) is 32.7 Å². The lowest BCUT2D eigenvalue weighted by Crippen LogP contribution is -2.35. The van der Waals surface area contributed by atoms with Crippen LogP contribution in [0.25, 0.3) is 0 Å². The Morgan fingerprint density at radius 1 is 1.57 bits per heavy atom. The van der Waals surface area contributed by atoms with Crippen LogP contribution in [0.5, 0.6) is 0 Å². The second-order valence-electron chi connectivity index (χ2n) is 4.46. The Balaban J connectivity index is 2.10. The maximum absolute atomic E-state index is 11.9. The predicted molar refractivity (Wildman–Crippen MR) is 55.9 cm³/mol. The van der Waals surface area contributed by atoms with E-state index in [1.165, 1.54) is 12.8 Å². The van der Waals surface area contributed by atoms with E-state index >= 15 is 0 Å². The van der Waals surface area contributed by atoms with Crippen LogP contribution in [-0.4, -0.2) is 22.7 Å². The molecule has 2 atom stereocenters. The largest absolute Gasteiger partial charge is 0.272 e. The van der Waals surface area contributed by atoms with E-state index in [2.05, 4.69) is 12.0 Å².